The van der Waals surface area contributed by atoms with E-state index in [0.29, 0.717) is 11.7 Å². The molecule has 3 aromatic rings. The first-order valence-corrected chi connectivity index (χ1v) is 8.02. The van der Waals surface area contributed by atoms with E-state index >= 15 is 0 Å². The van der Waals surface area contributed by atoms with Gasteiger partial charge in [-0.05, 0) is 12.1 Å². The first kappa shape index (κ1) is 17.3. The molecule has 0 amide bonds. The number of nitrogens with zero attached hydrogens (tertiary/aromatic N) is 2. The second-order valence-electron chi connectivity index (χ2n) is 5.59. The molecule has 4 N–H and O–H groups in total. The van der Waals surface area contributed by atoms with Gasteiger partial charge in [0.15, 0.2) is 5.84 Å². The van der Waals surface area contributed by atoms with Crippen molar-refractivity contribution in [3.8, 4) is 22.6 Å². The minimum atomic E-state index is 0.328. The van der Waals surface area contributed by atoms with Crippen LogP contribution in [0.4, 0.5) is 0 Å². The van der Waals surface area contributed by atoms with Crippen LogP contribution in [0.1, 0.15) is 11.1 Å². The molecule has 0 unspecified atom stereocenters. The first-order valence-electron chi connectivity index (χ1n) is 8.02. The molecule has 2 aromatic carbocycles. The highest BCUT2D eigenvalue weighted by atomic mass is 16.6. The van der Waals surface area contributed by atoms with Crippen molar-refractivity contribution in [2.45, 2.75) is 0 Å². The number of amidine groups is 2. The first-order chi connectivity index (χ1) is 12.6. The molecule has 132 valence electrons. The molecular formula is C20H20N4O2. The van der Waals surface area contributed by atoms with E-state index in [1.807, 2.05) is 60.7 Å². The normalized spacial score (nSPS) is 12.2. The van der Waals surface area contributed by atoms with Gasteiger partial charge in [0.2, 0.25) is 0 Å². The van der Waals surface area contributed by atoms with Gasteiger partial charge in [-0.15, -0.1) is 0 Å². The Kier molecular flexibility index (Phi) is 5.03. The second-order valence-corrected chi connectivity index (χ2v) is 5.59. The van der Waals surface area contributed by atoms with Crippen molar-refractivity contribution in [1.82, 2.24) is 0 Å². The Labute approximate surface area is 151 Å². The maximum absolute atomic E-state index is 5.98. The average molecular weight is 348 g/mol. The van der Waals surface area contributed by atoms with Crippen molar-refractivity contribution in [3.63, 3.8) is 0 Å². The van der Waals surface area contributed by atoms with Crippen molar-refractivity contribution in [2.75, 3.05) is 14.2 Å². The lowest BCUT2D eigenvalue weighted by molar-refractivity contribution is 0.213. The summed E-state index contributed by atoms with van der Waals surface area (Å²) in [5.74, 6) is 2.39. The smallest absolute Gasteiger partial charge is 0.170 e. The standard InChI is InChI=1S/C20H20N4O2/c1-23-19(21)15-7-3-13(4-8-15)17-11-12-18(26-17)14-5-9-16(10-6-14)20(22)24-25-2/h3-12H,1-2H3,(H2,21,23)(H2,22,24). The molecule has 0 aliphatic heterocycles. The highest BCUT2D eigenvalue weighted by Crippen LogP contribution is 2.28. The zero-order valence-electron chi connectivity index (χ0n) is 14.6. The number of aliphatic imine (C=N–C) groups is 1. The fourth-order valence-corrected chi connectivity index (χ4v) is 2.54. The van der Waals surface area contributed by atoms with Gasteiger partial charge in [0.1, 0.15) is 24.5 Å². The largest absolute Gasteiger partial charge is 0.456 e. The summed E-state index contributed by atoms with van der Waals surface area (Å²) in [6.07, 6.45) is 0. The van der Waals surface area contributed by atoms with Gasteiger partial charge >= 0.3 is 0 Å². The van der Waals surface area contributed by atoms with Crippen molar-refractivity contribution in [3.05, 3.63) is 71.8 Å². The number of benzene rings is 2. The molecule has 0 fully saturated rings. The molecule has 1 aromatic heterocycles. The molecule has 26 heavy (non-hydrogen) atoms. The van der Waals surface area contributed by atoms with E-state index in [4.69, 9.17) is 15.9 Å². The van der Waals surface area contributed by atoms with Gasteiger partial charge in [0, 0.05) is 29.3 Å². The van der Waals surface area contributed by atoms with E-state index < -0.39 is 0 Å². The van der Waals surface area contributed by atoms with Gasteiger partial charge in [-0.1, -0.05) is 53.7 Å². The van der Waals surface area contributed by atoms with Crippen LogP contribution in [0, 0.1) is 0 Å². The fourth-order valence-electron chi connectivity index (χ4n) is 2.54. The van der Waals surface area contributed by atoms with E-state index in [1.165, 1.54) is 7.11 Å². The second kappa shape index (κ2) is 7.57. The third-order valence-electron chi connectivity index (χ3n) is 3.97. The summed E-state index contributed by atoms with van der Waals surface area (Å²) in [4.78, 5) is 8.67. The molecule has 1 heterocycles. The van der Waals surface area contributed by atoms with Crippen LogP contribution in [0.3, 0.4) is 0 Å². The number of hydrogen-bond acceptors (Lipinski definition) is 4. The van der Waals surface area contributed by atoms with E-state index in [0.717, 1.165) is 33.8 Å². The van der Waals surface area contributed by atoms with E-state index in [9.17, 15) is 0 Å². The van der Waals surface area contributed by atoms with Gasteiger partial charge in [-0.2, -0.15) is 0 Å². The SMILES string of the molecule is CN=C(N)c1ccc(-c2ccc(-c3ccc(/C(N)=N/OC)cc3)o2)cc1. The summed E-state index contributed by atoms with van der Waals surface area (Å²) >= 11 is 0. The zero-order chi connectivity index (χ0) is 18.5. The van der Waals surface area contributed by atoms with Gasteiger partial charge in [0.05, 0.1) is 0 Å². The van der Waals surface area contributed by atoms with Crippen molar-refractivity contribution < 1.29 is 9.25 Å². The Morgan fingerprint density at radius 1 is 0.769 bits per heavy atom. The van der Waals surface area contributed by atoms with Gasteiger partial charge in [-0.3, -0.25) is 4.99 Å². The third-order valence-corrected chi connectivity index (χ3v) is 3.97. The summed E-state index contributed by atoms with van der Waals surface area (Å²) in [7, 11) is 3.13. The number of hydrogen-bond donors (Lipinski definition) is 2. The molecule has 0 saturated heterocycles. The van der Waals surface area contributed by atoms with Gasteiger partial charge in [0.25, 0.3) is 0 Å². The maximum Gasteiger partial charge on any atom is 0.170 e. The third kappa shape index (κ3) is 3.59. The minimum Gasteiger partial charge on any atom is -0.456 e. The predicted molar refractivity (Wildman–Crippen MR) is 104 cm³/mol. The molecule has 6 nitrogen and oxygen atoms in total. The number of oxime groups is 1. The summed E-state index contributed by atoms with van der Waals surface area (Å²) in [5, 5.41) is 3.72. The molecule has 0 aliphatic rings. The van der Waals surface area contributed by atoms with Gasteiger partial charge in [-0.25, -0.2) is 0 Å². The Bertz CT molecular complexity index is 939. The Morgan fingerprint density at radius 3 is 1.65 bits per heavy atom. The molecular weight excluding hydrogens is 328 g/mol. The fraction of sp³-hybridized carbons (Fsp3) is 0.100. The molecule has 6 heteroatoms. The highest BCUT2D eigenvalue weighted by Gasteiger charge is 2.08. The van der Waals surface area contributed by atoms with Crippen LogP contribution in [-0.4, -0.2) is 25.8 Å². The van der Waals surface area contributed by atoms with E-state index in [2.05, 4.69) is 15.0 Å². The molecule has 0 spiro atoms. The van der Waals surface area contributed by atoms with Crippen LogP contribution >= 0.6 is 0 Å². The molecule has 0 atom stereocenters. The number of furan rings is 1. The monoisotopic (exact) mass is 348 g/mol. The van der Waals surface area contributed by atoms with Crippen LogP contribution in [0.2, 0.25) is 0 Å². The number of rotatable bonds is 5. The maximum atomic E-state index is 5.98. The van der Waals surface area contributed by atoms with Crippen molar-refractivity contribution in [2.24, 2.45) is 21.6 Å². The quantitative estimate of drug-likeness (QED) is 0.420. The molecule has 0 saturated carbocycles. The topological polar surface area (TPSA) is 99.1 Å². The Hall–Kier alpha value is -3.54. The van der Waals surface area contributed by atoms with Crippen molar-refractivity contribution >= 4 is 11.7 Å². The van der Waals surface area contributed by atoms with E-state index in [1.54, 1.807) is 7.05 Å². The summed E-state index contributed by atoms with van der Waals surface area (Å²) in [5.41, 5.74) is 15.2. The Balaban J connectivity index is 1.82. The molecule has 3 rings (SSSR count). The van der Waals surface area contributed by atoms with Crippen LogP contribution < -0.4 is 11.5 Å². The zero-order valence-corrected chi connectivity index (χ0v) is 14.6. The average Bonchev–Trinajstić information content (AvgIpc) is 3.18. The highest BCUT2D eigenvalue weighted by molar-refractivity contribution is 5.98. The molecule has 0 bridgehead atoms. The minimum absolute atomic E-state index is 0.328. The summed E-state index contributed by atoms with van der Waals surface area (Å²) < 4.78 is 5.98. The lowest BCUT2D eigenvalue weighted by atomic mass is 10.1. The predicted octanol–water partition coefficient (Wildman–Crippen LogP) is 3.22. The van der Waals surface area contributed by atoms with Crippen LogP contribution in [-0.2, 0) is 4.84 Å². The Morgan fingerprint density at radius 2 is 1.23 bits per heavy atom. The lowest BCUT2D eigenvalue weighted by Gasteiger charge is -2.03. The molecule has 0 aliphatic carbocycles. The molecule has 0 radical (unpaired) electrons. The van der Waals surface area contributed by atoms with Crippen LogP contribution in [0.5, 0.6) is 0 Å². The van der Waals surface area contributed by atoms with E-state index in [-0.39, 0.29) is 0 Å². The van der Waals surface area contributed by atoms with Crippen LogP contribution in [0.15, 0.2) is 75.2 Å². The number of nitrogens with two attached hydrogens (primary N) is 2. The van der Waals surface area contributed by atoms with Gasteiger partial charge < -0.3 is 20.7 Å². The van der Waals surface area contributed by atoms with Crippen molar-refractivity contribution in [1.29, 1.82) is 0 Å². The lowest BCUT2D eigenvalue weighted by Crippen LogP contribution is -2.13. The summed E-state index contributed by atoms with van der Waals surface area (Å²) in [6.45, 7) is 0. The summed E-state index contributed by atoms with van der Waals surface area (Å²) in [6, 6.07) is 19.2. The van der Waals surface area contributed by atoms with Crippen LogP contribution in [0.25, 0.3) is 22.6 Å².